The number of ketones is 1. The zero-order chi connectivity index (χ0) is 19.0. The summed E-state index contributed by atoms with van der Waals surface area (Å²) in [4.78, 5) is 28.2. The minimum atomic E-state index is -0.452. The number of aliphatic hydroxyl groups is 1. The van der Waals surface area contributed by atoms with Crippen molar-refractivity contribution in [2.45, 2.75) is 50.6 Å². The molecule has 2 aliphatic heterocycles. The van der Waals surface area contributed by atoms with Gasteiger partial charge in [-0.15, -0.1) is 0 Å². The molecule has 0 radical (unpaired) electrons. The molecule has 1 unspecified atom stereocenters. The highest BCUT2D eigenvalue weighted by atomic mass is 32.1. The number of rotatable bonds is 4. The van der Waals surface area contributed by atoms with Crippen LogP contribution in [0.4, 0.5) is 0 Å². The summed E-state index contributed by atoms with van der Waals surface area (Å²) >= 11 is 4.91. The minimum absolute atomic E-state index is 0.0373. The van der Waals surface area contributed by atoms with Crippen LogP contribution in [-0.2, 0) is 22.4 Å². The molecule has 2 heterocycles. The monoisotopic (exact) mass is 386 g/mol. The van der Waals surface area contributed by atoms with E-state index in [1.807, 2.05) is 17.0 Å². The van der Waals surface area contributed by atoms with E-state index in [9.17, 15) is 14.7 Å². The van der Waals surface area contributed by atoms with Crippen molar-refractivity contribution in [1.82, 2.24) is 10.2 Å². The molecule has 5 nitrogen and oxygen atoms in total. The van der Waals surface area contributed by atoms with E-state index in [0.717, 1.165) is 32.1 Å². The predicted molar refractivity (Wildman–Crippen MR) is 107 cm³/mol. The average Bonchev–Trinajstić information content (AvgIpc) is 3.36. The topological polar surface area (TPSA) is 69.6 Å². The number of fused-ring (bicyclic) bond motifs is 1. The van der Waals surface area contributed by atoms with Crippen LogP contribution in [-0.4, -0.2) is 51.9 Å². The van der Waals surface area contributed by atoms with Crippen molar-refractivity contribution in [1.29, 1.82) is 0 Å². The van der Waals surface area contributed by atoms with Crippen molar-refractivity contribution < 1.29 is 14.7 Å². The van der Waals surface area contributed by atoms with Crippen LogP contribution in [0.1, 0.15) is 36.8 Å². The van der Waals surface area contributed by atoms with Crippen LogP contribution in [0.25, 0.3) is 0 Å². The lowest BCUT2D eigenvalue weighted by molar-refractivity contribution is -0.142. The number of carbonyl (C=O) groups is 2. The van der Waals surface area contributed by atoms with Gasteiger partial charge in [0.15, 0.2) is 10.8 Å². The number of hydrogen-bond donors (Lipinski definition) is 2. The molecule has 27 heavy (non-hydrogen) atoms. The summed E-state index contributed by atoms with van der Waals surface area (Å²) in [6.45, 7) is 1.32. The second kappa shape index (κ2) is 7.68. The molecule has 1 aliphatic carbocycles. The maximum Gasteiger partial charge on any atom is 0.226 e. The summed E-state index contributed by atoms with van der Waals surface area (Å²) in [6, 6.07) is 7.51. The third-order valence-corrected chi connectivity index (χ3v) is 6.67. The fourth-order valence-electron chi connectivity index (χ4n) is 4.99. The second-order valence-electron chi connectivity index (χ2n) is 7.97. The van der Waals surface area contributed by atoms with Gasteiger partial charge in [-0.1, -0.05) is 24.3 Å². The fraction of sp³-hybridized carbons (Fsp3) is 0.571. The van der Waals surface area contributed by atoms with Crippen molar-refractivity contribution in [2.75, 3.05) is 13.1 Å². The largest absolute Gasteiger partial charge is 0.501 e. The highest BCUT2D eigenvalue weighted by molar-refractivity contribution is 7.80. The van der Waals surface area contributed by atoms with Crippen LogP contribution in [0.5, 0.6) is 0 Å². The summed E-state index contributed by atoms with van der Waals surface area (Å²) in [6.07, 6.45) is 4.78. The number of likely N-dealkylation sites (tertiary alicyclic amines) is 1. The van der Waals surface area contributed by atoms with E-state index in [-0.39, 0.29) is 34.6 Å². The van der Waals surface area contributed by atoms with Gasteiger partial charge in [-0.05, 0) is 68.4 Å². The molecule has 0 bridgehead atoms. The standard InChI is InChI=1S/C21H26N2O3S/c24-19(16-9-10-22-18(16)21(26)27)17-6-3-11-23(17)20(25)15-8-7-13-4-1-2-5-14(13)12-15/h1-2,4-5,15-18,22H,3,6-12H2,(H,26,27)/t15-,16?,17-,18-/m0/s1. The fourth-order valence-corrected chi connectivity index (χ4v) is 5.23. The van der Waals surface area contributed by atoms with Gasteiger partial charge >= 0.3 is 0 Å². The molecule has 144 valence electrons. The van der Waals surface area contributed by atoms with Crippen LogP contribution < -0.4 is 5.32 Å². The van der Waals surface area contributed by atoms with E-state index >= 15 is 0 Å². The molecule has 0 spiro atoms. The summed E-state index contributed by atoms with van der Waals surface area (Å²) < 4.78 is 0. The van der Waals surface area contributed by atoms with Crippen LogP contribution in [0.3, 0.4) is 0 Å². The molecule has 3 aliphatic rings. The molecular formula is C21H26N2O3S. The van der Waals surface area contributed by atoms with Gasteiger partial charge in [-0.25, -0.2) is 0 Å². The number of nitrogens with zero attached hydrogens (tertiary/aromatic N) is 1. The number of amides is 1. The zero-order valence-electron chi connectivity index (χ0n) is 15.4. The van der Waals surface area contributed by atoms with Crippen molar-refractivity contribution in [3.8, 4) is 0 Å². The van der Waals surface area contributed by atoms with E-state index < -0.39 is 6.04 Å². The zero-order valence-corrected chi connectivity index (χ0v) is 16.2. The van der Waals surface area contributed by atoms with Gasteiger partial charge in [0.05, 0.1) is 12.1 Å². The third kappa shape index (κ3) is 3.52. The maximum atomic E-state index is 13.2. The number of nitrogens with one attached hydrogen (secondary N) is 1. The molecular weight excluding hydrogens is 360 g/mol. The number of hydrogen-bond acceptors (Lipinski definition) is 4. The third-order valence-electron chi connectivity index (χ3n) is 6.41. The van der Waals surface area contributed by atoms with E-state index in [0.29, 0.717) is 19.5 Å². The smallest absolute Gasteiger partial charge is 0.226 e. The van der Waals surface area contributed by atoms with E-state index in [1.165, 1.54) is 11.1 Å². The van der Waals surface area contributed by atoms with E-state index in [2.05, 4.69) is 17.4 Å². The van der Waals surface area contributed by atoms with Crippen molar-refractivity contribution in [2.24, 2.45) is 11.8 Å². The molecule has 2 fully saturated rings. The highest BCUT2D eigenvalue weighted by Gasteiger charge is 2.44. The Morgan fingerprint density at radius 1 is 1.15 bits per heavy atom. The lowest BCUT2D eigenvalue weighted by Crippen LogP contribution is -2.49. The van der Waals surface area contributed by atoms with Crippen molar-refractivity contribution in [3.63, 3.8) is 0 Å². The van der Waals surface area contributed by atoms with Gasteiger partial charge in [-0.2, -0.15) is 0 Å². The van der Waals surface area contributed by atoms with E-state index in [4.69, 9.17) is 12.2 Å². The lowest BCUT2D eigenvalue weighted by Gasteiger charge is -2.32. The first kappa shape index (κ1) is 18.6. The number of Topliss-reactive ketones (excluding diaryl/α,β-unsaturated/α-hetero) is 1. The highest BCUT2D eigenvalue weighted by Crippen LogP contribution is 2.31. The van der Waals surface area contributed by atoms with Crippen LogP contribution in [0, 0.1) is 11.8 Å². The summed E-state index contributed by atoms with van der Waals surface area (Å²) in [7, 11) is 0. The Bertz CT molecular complexity index is 766. The van der Waals surface area contributed by atoms with Gasteiger partial charge in [-0.3, -0.25) is 9.59 Å². The second-order valence-corrected chi connectivity index (χ2v) is 8.38. The maximum absolute atomic E-state index is 13.2. The van der Waals surface area contributed by atoms with Gasteiger partial charge in [0.25, 0.3) is 0 Å². The molecule has 6 heteroatoms. The van der Waals surface area contributed by atoms with Crippen LogP contribution >= 0.6 is 12.2 Å². The Hall–Kier alpha value is -1.79. The molecule has 0 aromatic heterocycles. The first-order chi connectivity index (χ1) is 13.1. The number of aliphatic hydroxyl groups excluding tert-OH is 1. The van der Waals surface area contributed by atoms with Gasteiger partial charge in [0.2, 0.25) is 5.91 Å². The van der Waals surface area contributed by atoms with Gasteiger partial charge < -0.3 is 15.3 Å². The number of thiocarbonyl (C=S) groups is 1. The average molecular weight is 387 g/mol. The molecule has 1 aromatic carbocycles. The van der Waals surface area contributed by atoms with Crippen LogP contribution in [0.2, 0.25) is 0 Å². The summed E-state index contributed by atoms with van der Waals surface area (Å²) in [5, 5.41) is 12.7. The SMILES string of the molecule is O=C(C1CCN[C@@H]1C(O)=S)[C@@H]1CCCN1C(=O)[C@H]1CCc2ccccc2C1. The van der Waals surface area contributed by atoms with Crippen molar-refractivity contribution in [3.05, 3.63) is 35.4 Å². The summed E-state index contributed by atoms with van der Waals surface area (Å²) in [5.74, 6) is -0.185. The summed E-state index contributed by atoms with van der Waals surface area (Å²) in [5.41, 5.74) is 2.60. The number of carbonyl (C=O) groups excluding carboxylic acids is 2. The Labute approximate surface area is 165 Å². The van der Waals surface area contributed by atoms with Gasteiger partial charge in [0.1, 0.15) is 0 Å². The Morgan fingerprint density at radius 2 is 1.93 bits per heavy atom. The van der Waals surface area contributed by atoms with E-state index in [1.54, 1.807) is 0 Å². The number of aryl methyl sites for hydroxylation is 1. The first-order valence-corrected chi connectivity index (χ1v) is 10.3. The molecule has 2 N–H and O–H groups in total. The van der Waals surface area contributed by atoms with Crippen LogP contribution in [0.15, 0.2) is 24.3 Å². The number of benzene rings is 1. The quantitative estimate of drug-likeness (QED) is 0.777. The Balaban J connectivity index is 1.47. The molecule has 1 aromatic rings. The molecule has 0 saturated carbocycles. The normalized spacial score (nSPS) is 30.1. The minimum Gasteiger partial charge on any atom is -0.501 e. The Kier molecular flexibility index (Phi) is 5.28. The Morgan fingerprint density at radius 3 is 2.70 bits per heavy atom. The predicted octanol–water partition coefficient (Wildman–Crippen LogP) is 2.22. The lowest BCUT2D eigenvalue weighted by atomic mass is 9.82. The molecule has 1 amide bonds. The van der Waals surface area contributed by atoms with Gasteiger partial charge in [0, 0.05) is 18.4 Å². The van der Waals surface area contributed by atoms with Crippen molar-refractivity contribution >= 4 is 29.0 Å². The molecule has 2 saturated heterocycles. The molecule has 4 atom stereocenters. The first-order valence-electron chi connectivity index (χ1n) is 9.93. The molecule has 4 rings (SSSR count).